The number of nitro benzene ring substituents is 3. The number of benzene rings is 2. The second kappa shape index (κ2) is 14.2. The number of nitro groups is 3. The number of nitrogens with one attached hydrogen (secondary N) is 1. The first-order chi connectivity index (χ1) is 18.9. The van der Waals surface area contributed by atoms with Crippen LogP contribution in [0.1, 0.15) is 48.0 Å². The van der Waals surface area contributed by atoms with E-state index in [1.54, 1.807) is 0 Å². The lowest BCUT2D eigenvalue weighted by atomic mass is 9.95. The summed E-state index contributed by atoms with van der Waals surface area (Å²) in [7, 11) is 0. The highest BCUT2D eigenvalue weighted by atomic mass is 16.6. The predicted octanol–water partition coefficient (Wildman–Crippen LogP) is 3.12. The molecule has 3 atom stereocenters. The maximum absolute atomic E-state index is 13.3. The minimum atomic E-state index is -1.71. The molecule has 2 unspecified atom stereocenters. The fourth-order valence-electron chi connectivity index (χ4n) is 3.79. The number of hydrogen-bond acceptors (Lipinski definition) is 13. The zero-order chi connectivity index (χ0) is 30.0. The molecule has 2 aromatic rings. The van der Waals surface area contributed by atoms with Crippen LogP contribution in [0, 0.1) is 41.7 Å². The molecule has 40 heavy (non-hydrogen) atoms. The van der Waals surface area contributed by atoms with Crippen LogP contribution >= 0.6 is 0 Å². The van der Waals surface area contributed by atoms with E-state index in [2.05, 4.69) is 0 Å². The van der Waals surface area contributed by atoms with Crippen LogP contribution in [0.5, 0.6) is 0 Å². The largest absolute Gasteiger partial charge is 0.444 e. The van der Waals surface area contributed by atoms with Crippen LogP contribution in [-0.2, 0) is 4.74 Å². The second-order valence-electron chi connectivity index (χ2n) is 8.37. The monoisotopic (exact) mass is 559 g/mol. The van der Waals surface area contributed by atoms with Gasteiger partial charge in [0.1, 0.15) is 18.1 Å². The Kier molecular flexibility index (Phi) is 11.1. The van der Waals surface area contributed by atoms with Crippen molar-refractivity contribution >= 4 is 28.9 Å². The summed E-state index contributed by atoms with van der Waals surface area (Å²) in [6.07, 6.45) is -2.14. The Balaban J connectivity index is 2.27. The first kappa shape index (κ1) is 31.2. The van der Waals surface area contributed by atoms with Crippen molar-refractivity contribution in [2.24, 2.45) is 5.73 Å². The number of rotatable bonds is 14. The van der Waals surface area contributed by atoms with Crippen molar-refractivity contribution in [3.63, 3.8) is 0 Å². The minimum absolute atomic E-state index is 0.0294. The molecule has 4 N–H and O–H groups in total. The van der Waals surface area contributed by atoms with Gasteiger partial charge in [0.2, 0.25) is 0 Å². The summed E-state index contributed by atoms with van der Waals surface area (Å²) in [6.45, 7) is 1.54. The fourth-order valence-corrected chi connectivity index (χ4v) is 3.79. The van der Waals surface area contributed by atoms with Gasteiger partial charge in [0, 0.05) is 24.3 Å². The lowest BCUT2D eigenvalue weighted by Gasteiger charge is -2.26. The van der Waals surface area contributed by atoms with Gasteiger partial charge in [0.05, 0.1) is 20.8 Å². The predicted molar refractivity (Wildman–Crippen MR) is 135 cm³/mol. The number of Topliss-reactive ketones (excluding diaryl/α,β-unsaturated/α-hetero) is 1. The summed E-state index contributed by atoms with van der Waals surface area (Å²) < 4.78 is 5.14. The SMILES string of the molecule is CC(OC(=O)NN(O)[C@@H](CCCCN)C(=O)c1c([N+](=O)[O-])cccc1[N+](=O)[O-])C(C#N)c1ccc([N+](=O)[O-])cc1. The van der Waals surface area contributed by atoms with Gasteiger partial charge >= 0.3 is 6.09 Å². The smallest absolute Gasteiger partial charge is 0.423 e. The minimum Gasteiger partial charge on any atom is -0.444 e. The Morgan fingerprint density at radius 2 is 1.62 bits per heavy atom. The Labute approximate surface area is 226 Å². The zero-order valence-corrected chi connectivity index (χ0v) is 21.0. The molecule has 17 nitrogen and oxygen atoms in total. The summed E-state index contributed by atoms with van der Waals surface area (Å²) >= 11 is 0. The number of non-ortho nitro benzene ring substituents is 1. The van der Waals surface area contributed by atoms with Crippen molar-refractivity contribution in [1.82, 2.24) is 10.6 Å². The Bertz CT molecular complexity index is 1280. The first-order valence-electron chi connectivity index (χ1n) is 11.7. The van der Waals surface area contributed by atoms with E-state index in [1.165, 1.54) is 31.2 Å². The van der Waals surface area contributed by atoms with Crippen molar-refractivity contribution in [1.29, 1.82) is 5.26 Å². The molecule has 0 bridgehead atoms. The first-order valence-corrected chi connectivity index (χ1v) is 11.7. The van der Waals surface area contributed by atoms with Crippen molar-refractivity contribution in [3.05, 3.63) is 83.9 Å². The van der Waals surface area contributed by atoms with E-state index in [4.69, 9.17) is 10.5 Å². The van der Waals surface area contributed by atoms with E-state index in [9.17, 15) is 50.4 Å². The van der Waals surface area contributed by atoms with Gasteiger partial charge in [-0.25, -0.2) is 10.2 Å². The van der Waals surface area contributed by atoms with E-state index < -0.39 is 61.6 Å². The standard InChI is InChI=1S/C23H25N7O10/c1-14(17(13-25)15-8-10-16(11-9-15)28(34)35)40-23(32)26-27(33)20(5-2-3-12-24)22(31)21-18(29(36)37)6-4-7-19(21)30(38)39/h4,6-11,14,17,20,33H,2-3,5,12,24H2,1H3,(H,26,32)/t14?,17?,20-/m0/s1. The summed E-state index contributed by atoms with van der Waals surface area (Å²) in [5.41, 5.74) is 4.81. The highest BCUT2D eigenvalue weighted by Gasteiger charge is 2.38. The number of hydrogen-bond donors (Lipinski definition) is 3. The summed E-state index contributed by atoms with van der Waals surface area (Å²) in [6, 6.07) is 7.97. The van der Waals surface area contributed by atoms with Crippen LogP contribution in [0.3, 0.4) is 0 Å². The van der Waals surface area contributed by atoms with Gasteiger partial charge in [-0.05, 0) is 44.4 Å². The van der Waals surface area contributed by atoms with Crippen LogP contribution in [0.25, 0.3) is 0 Å². The van der Waals surface area contributed by atoms with Crippen LogP contribution in [0.2, 0.25) is 0 Å². The lowest BCUT2D eigenvalue weighted by molar-refractivity contribution is -0.394. The van der Waals surface area contributed by atoms with Crippen molar-refractivity contribution in [2.45, 2.75) is 44.2 Å². The topological polar surface area (TPSA) is 258 Å². The molecule has 0 aliphatic carbocycles. The third-order valence-electron chi connectivity index (χ3n) is 5.76. The molecule has 0 fully saturated rings. The third kappa shape index (κ3) is 7.73. The quantitative estimate of drug-likeness (QED) is 0.130. The Morgan fingerprint density at radius 3 is 2.10 bits per heavy atom. The number of ketones is 1. The molecule has 1 amide bonds. The number of hydroxylamine groups is 1. The zero-order valence-electron chi connectivity index (χ0n) is 21.0. The van der Waals surface area contributed by atoms with Crippen molar-refractivity contribution in [3.8, 4) is 6.07 Å². The molecule has 0 saturated carbocycles. The van der Waals surface area contributed by atoms with Crippen LogP contribution in [0.4, 0.5) is 21.9 Å². The number of unbranched alkanes of at least 4 members (excludes halogenated alkanes) is 1. The molecule has 2 aromatic carbocycles. The molecule has 0 saturated heterocycles. The van der Waals surface area contributed by atoms with Crippen LogP contribution in [0.15, 0.2) is 42.5 Å². The molecule has 212 valence electrons. The summed E-state index contributed by atoms with van der Waals surface area (Å²) in [5.74, 6) is -2.29. The second-order valence-corrected chi connectivity index (χ2v) is 8.37. The average molecular weight is 559 g/mol. The number of carbonyl (C=O) groups excluding carboxylic acids is 2. The highest BCUT2D eigenvalue weighted by molar-refractivity contribution is 6.06. The molecular formula is C23H25N7O10. The average Bonchev–Trinajstić information content (AvgIpc) is 2.90. The maximum Gasteiger partial charge on any atom is 0.423 e. The van der Waals surface area contributed by atoms with Gasteiger partial charge in [0.15, 0.2) is 11.3 Å². The number of ether oxygens (including phenoxy) is 1. The van der Waals surface area contributed by atoms with Gasteiger partial charge in [-0.3, -0.25) is 40.3 Å². The van der Waals surface area contributed by atoms with E-state index in [1.807, 2.05) is 11.5 Å². The van der Waals surface area contributed by atoms with Gasteiger partial charge in [-0.15, -0.1) is 0 Å². The normalized spacial score (nSPS) is 13.0. The molecule has 0 aliphatic heterocycles. The number of hydrazine groups is 1. The summed E-state index contributed by atoms with van der Waals surface area (Å²) in [5, 5.41) is 54.0. The summed E-state index contributed by atoms with van der Waals surface area (Å²) in [4.78, 5) is 57.1. The number of carbonyl (C=O) groups is 2. The van der Waals surface area contributed by atoms with Crippen LogP contribution < -0.4 is 11.2 Å². The van der Waals surface area contributed by atoms with E-state index in [0.717, 1.165) is 18.2 Å². The number of nitriles is 1. The van der Waals surface area contributed by atoms with Gasteiger partial charge in [-0.1, -0.05) is 17.3 Å². The third-order valence-corrected chi connectivity index (χ3v) is 5.76. The highest BCUT2D eigenvalue weighted by Crippen LogP contribution is 2.31. The number of amides is 1. The Hall–Kier alpha value is -5.05. The number of nitrogens with two attached hydrogens (primary N) is 1. The van der Waals surface area contributed by atoms with Gasteiger partial charge in [-0.2, -0.15) is 5.26 Å². The molecule has 2 rings (SSSR count). The van der Waals surface area contributed by atoms with E-state index in [0.29, 0.717) is 12.0 Å². The molecule has 0 aliphatic rings. The maximum atomic E-state index is 13.3. The molecule has 0 spiro atoms. The molecule has 0 radical (unpaired) electrons. The molecule has 17 heteroatoms. The van der Waals surface area contributed by atoms with Crippen LogP contribution in [-0.4, -0.2) is 55.7 Å². The van der Waals surface area contributed by atoms with E-state index >= 15 is 0 Å². The van der Waals surface area contributed by atoms with Gasteiger partial charge < -0.3 is 10.5 Å². The van der Waals surface area contributed by atoms with Gasteiger partial charge in [0.25, 0.3) is 17.1 Å². The Morgan fingerprint density at radius 1 is 1.05 bits per heavy atom. The fraction of sp³-hybridized carbons (Fsp3) is 0.348. The molecule has 0 aromatic heterocycles. The van der Waals surface area contributed by atoms with Crippen molar-refractivity contribution in [2.75, 3.05) is 6.54 Å². The number of nitrogens with zero attached hydrogens (tertiary/aromatic N) is 5. The van der Waals surface area contributed by atoms with E-state index in [-0.39, 0.29) is 30.2 Å². The van der Waals surface area contributed by atoms with Crippen molar-refractivity contribution < 1.29 is 34.3 Å². The molecular weight excluding hydrogens is 534 g/mol. The molecule has 0 heterocycles. The lowest BCUT2D eigenvalue weighted by Crippen LogP contribution is -2.50.